The van der Waals surface area contributed by atoms with Crippen molar-refractivity contribution in [3.05, 3.63) is 0 Å². The predicted molar refractivity (Wildman–Crippen MR) is 69.3 cm³/mol. The van der Waals surface area contributed by atoms with Crippen molar-refractivity contribution in [3.8, 4) is 0 Å². The number of rotatable bonds is 5. The first-order valence-electron chi connectivity index (χ1n) is 6.30. The maximum absolute atomic E-state index is 12.1. The molecule has 1 fully saturated rings. The van der Waals surface area contributed by atoms with Crippen LogP contribution >= 0.6 is 0 Å². The van der Waals surface area contributed by atoms with E-state index < -0.39 is 27.8 Å². The first-order chi connectivity index (χ1) is 8.67. The van der Waals surface area contributed by atoms with Gasteiger partial charge in [-0.15, -0.1) is 0 Å². The standard InChI is InChI=1S/C11H22N2O5S/c1-5-17-10(14)9-7-6-8-13(9)19(15,16)12-18-11(2,3)4/h9,12H,5-8H2,1-4H3. The van der Waals surface area contributed by atoms with Gasteiger partial charge in [0.25, 0.3) is 0 Å². The van der Waals surface area contributed by atoms with E-state index in [4.69, 9.17) is 9.57 Å². The third-order valence-electron chi connectivity index (χ3n) is 2.52. The normalized spacial score (nSPS) is 21.6. The molecule has 112 valence electrons. The Hall–Kier alpha value is -0.700. The summed E-state index contributed by atoms with van der Waals surface area (Å²) in [5.74, 6) is -0.513. The largest absolute Gasteiger partial charge is 0.465 e. The Bertz CT molecular complexity index is 415. The maximum Gasteiger partial charge on any atom is 0.324 e. The van der Waals surface area contributed by atoms with Gasteiger partial charge in [0, 0.05) is 6.54 Å². The smallest absolute Gasteiger partial charge is 0.324 e. The van der Waals surface area contributed by atoms with Gasteiger partial charge in [-0.1, -0.05) is 4.89 Å². The number of hydrogen-bond donors (Lipinski definition) is 1. The average molecular weight is 294 g/mol. The van der Waals surface area contributed by atoms with Gasteiger partial charge >= 0.3 is 16.2 Å². The molecule has 1 unspecified atom stereocenters. The summed E-state index contributed by atoms with van der Waals surface area (Å²) in [6.45, 7) is 7.38. The number of ether oxygens (including phenoxy) is 1. The van der Waals surface area contributed by atoms with Gasteiger partial charge < -0.3 is 4.74 Å². The minimum Gasteiger partial charge on any atom is -0.465 e. The Balaban J connectivity index is 2.73. The Morgan fingerprint density at radius 2 is 2.05 bits per heavy atom. The highest BCUT2D eigenvalue weighted by Crippen LogP contribution is 2.21. The van der Waals surface area contributed by atoms with Crippen molar-refractivity contribution in [2.24, 2.45) is 0 Å². The van der Waals surface area contributed by atoms with Gasteiger partial charge in [-0.25, -0.2) is 0 Å². The molecule has 0 spiro atoms. The second-order valence-corrected chi connectivity index (χ2v) is 6.91. The summed E-state index contributed by atoms with van der Waals surface area (Å²) in [6, 6.07) is -0.763. The molecule has 1 aliphatic rings. The van der Waals surface area contributed by atoms with Gasteiger partial charge in [-0.3, -0.25) is 9.63 Å². The summed E-state index contributed by atoms with van der Waals surface area (Å²) in [5, 5.41) is 0. The van der Waals surface area contributed by atoms with Crippen LogP contribution in [-0.4, -0.2) is 43.5 Å². The van der Waals surface area contributed by atoms with Gasteiger partial charge in [0.1, 0.15) is 6.04 Å². The molecule has 0 bridgehead atoms. The zero-order valence-corrected chi connectivity index (χ0v) is 12.6. The summed E-state index contributed by atoms with van der Waals surface area (Å²) < 4.78 is 30.1. The number of hydrogen-bond acceptors (Lipinski definition) is 5. The highest BCUT2D eigenvalue weighted by Gasteiger charge is 2.40. The summed E-state index contributed by atoms with van der Waals surface area (Å²) in [6.07, 6.45) is 1.09. The van der Waals surface area contributed by atoms with E-state index in [9.17, 15) is 13.2 Å². The first kappa shape index (κ1) is 16.4. The van der Waals surface area contributed by atoms with Gasteiger partial charge in [0.15, 0.2) is 0 Å². The van der Waals surface area contributed by atoms with Crippen LogP contribution in [-0.2, 0) is 24.6 Å². The minimum absolute atomic E-state index is 0.231. The number of carbonyl (C=O) groups is 1. The molecule has 0 aliphatic carbocycles. The first-order valence-corrected chi connectivity index (χ1v) is 7.74. The van der Waals surface area contributed by atoms with Crippen LogP contribution in [0.3, 0.4) is 0 Å². The van der Waals surface area contributed by atoms with Crippen LogP contribution in [0.2, 0.25) is 0 Å². The highest BCUT2D eigenvalue weighted by molar-refractivity contribution is 7.87. The summed E-state index contributed by atoms with van der Waals surface area (Å²) >= 11 is 0. The molecule has 0 amide bonds. The Morgan fingerprint density at radius 3 is 2.58 bits per heavy atom. The van der Waals surface area contributed by atoms with Gasteiger partial charge in [0.05, 0.1) is 12.2 Å². The monoisotopic (exact) mass is 294 g/mol. The quantitative estimate of drug-likeness (QED) is 0.592. The van der Waals surface area contributed by atoms with Crippen molar-refractivity contribution in [1.82, 2.24) is 9.19 Å². The van der Waals surface area contributed by atoms with E-state index >= 15 is 0 Å². The molecule has 8 heteroatoms. The van der Waals surface area contributed by atoms with E-state index in [0.717, 1.165) is 4.31 Å². The lowest BCUT2D eigenvalue weighted by molar-refractivity contribution is -0.147. The van der Waals surface area contributed by atoms with Crippen molar-refractivity contribution >= 4 is 16.2 Å². The van der Waals surface area contributed by atoms with Crippen LogP contribution < -0.4 is 4.89 Å². The second kappa shape index (κ2) is 6.17. The average Bonchev–Trinajstić information content (AvgIpc) is 2.75. The van der Waals surface area contributed by atoms with Crippen LogP contribution in [0.25, 0.3) is 0 Å². The molecule has 7 nitrogen and oxygen atoms in total. The number of esters is 1. The van der Waals surface area contributed by atoms with Crippen molar-refractivity contribution in [2.45, 2.75) is 52.2 Å². The van der Waals surface area contributed by atoms with E-state index in [2.05, 4.69) is 4.89 Å². The molecule has 1 saturated heterocycles. The van der Waals surface area contributed by atoms with E-state index in [0.29, 0.717) is 12.8 Å². The van der Waals surface area contributed by atoms with E-state index in [1.807, 2.05) is 0 Å². The van der Waals surface area contributed by atoms with Gasteiger partial charge in [-0.05, 0) is 40.5 Å². The Labute approximate surface area is 114 Å². The number of nitrogens with zero attached hydrogens (tertiary/aromatic N) is 1. The fourth-order valence-corrected chi connectivity index (χ4v) is 3.07. The lowest BCUT2D eigenvalue weighted by Crippen LogP contribution is -2.48. The fraction of sp³-hybridized carbons (Fsp3) is 0.909. The minimum atomic E-state index is -3.85. The maximum atomic E-state index is 12.1. The second-order valence-electron chi connectivity index (χ2n) is 5.32. The molecular weight excluding hydrogens is 272 g/mol. The highest BCUT2D eigenvalue weighted by atomic mass is 32.2. The SMILES string of the molecule is CCOC(=O)C1CCCN1S(=O)(=O)NOC(C)(C)C. The molecule has 1 rings (SSSR count). The number of nitrogens with one attached hydrogen (secondary N) is 1. The molecule has 19 heavy (non-hydrogen) atoms. The van der Waals surface area contributed by atoms with Crippen molar-refractivity contribution in [3.63, 3.8) is 0 Å². The zero-order valence-electron chi connectivity index (χ0n) is 11.8. The van der Waals surface area contributed by atoms with Crippen LogP contribution in [0.1, 0.15) is 40.5 Å². The molecule has 1 aliphatic heterocycles. The van der Waals surface area contributed by atoms with Crippen LogP contribution in [0, 0.1) is 0 Å². The molecule has 1 atom stereocenters. The van der Waals surface area contributed by atoms with E-state index in [1.54, 1.807) is 27.7 Å². The van der Waals surface area contributed by atoms with Crippen molar-refractivity contribution < 1.29 is 22.8 Å². The van der Waals surface area contributed by atoms with Crippen molar-refractivity contribution in [1.29, 1.82) is 0 Å². The lowest BCUT2D eigenvalue weighted by Gasteiger charge is -2.25. The summed E-state index contributed by atoms with van der Waals surface area (Å²) in [5.41, 5.74) is -0.647. The molecule has 0 aromatic carbocycles. The lowest BCUT2D eigenvalue weighted by atomic mass is 10.2. The van der Waals surface area contributed by atoms with Crippen LogP contribution in [0.5, 0.6) is 0 Å². The van der Waals surface area contributed by atoms with Gasteiger partial charge in [-0.2, -0.15) is 12.7 Å². The Kier molecular flexibility index (Phi) is 5.31. The van der Waals surface area contributed by atoms with Crippen molar-refractivity contribution in [2.75, 3.05) is 13.2 Å². The molecule has 1 heterocycles. The topological polar surface area (TPSA) is 84.9 Å². The third kappa shape index (κ3) is 4.72. The number of carbonyl (C=O) groups excluding carboxylic acids is 1. The van der Waals surface area contributed by atoms with E-state index in [1.165, 1.54) is 0 Å². The van der Waals surface area contributed by atoms with Gasteiger partial charge in [0.2, 0.25) is 0 Å². The molecule has 0 aromatic heterocycles. The zero-order chi connectivity index (χ0) is 14.7. The van der Waals surface area contributed by atoms with Crippen LogP contribution in [0.15, 0.2) is 0 Å². The fourth-order valence-electron chi connectivity index (χ4n) is 1.73. The molecular formula is C11H22N2O5S. The molecule has 0 radical (unpaired) electrons. The molecule has 1 N–H and O–H groups in total. The molecule has 0 aromatic rings. The summed E-state index contributed by atoms with van der Waals surface area (Å²) in [7, 11) is -3.85. The Morgan fingerprint density at radius 1 is 1.42 bits per heavy atom. The van der Waals surface area contributed by atoms with Crippen LogP contribution in [0.4, 0.5) is 0 Å². The van der Waals surface area contributed by atoms with E-state index in [-0.39, 0.29) is 13.2 Å². The third-order valence-corrected chi connectivity index (χ3v) is 3.87. The summed E-state index contributed by atoms with van der Waals surface area (Å²) in [4.78, 5) is 18.8. The molecule has 0 saturated carbocycles. The predicted octanol–water partition coefficient (Wildman–Crippen LogP) is 0.578.